The van der Waals surface area contributed by atoms with Gasteiger partial charge in [-0.15, -0.1) is 0 Å². The van der Waals surface area contributed by atoms with Crippen LogP contribution in [0, 0.1) is 28.5 Å². The summed E-state index contributed by atoms with van der Waals surface area (Å²) in [6, 6.07) is 8.15. The quantitative estimate of drug-likeness (QED) is 0.698. The Morgan fingerprint density at radius 3 is 2.62 bits per heavy atom. The average molecular weight is 445 g/mol. The van der Waals surface area contributed by atoms with Gasteiger partial charge in [0, 0.05) is 39.4 Å². The highest BCUT2D eigenvalue weighted by atomic mass is 19.1. The molecule has 0 bridgehead atoms. The number of halogens is 1. The smallest absolute Gasteiger partial charge is 0.416 e. The largest absolute Gasteiger partial charge is 0.441 e. The van der Waals surface area contributed by atoms with E-state index in [0.29, 0.717) is 52.2 Å². The van der Waals surface area contributed by atoms with Crippen molar-refractivity contribution in [2.24, 2.45) is 17.1 Å². The van der Waals surface area contributed by atoms with E-state index in [1.54, 1.807) is 13.0 Å². The summed E-state index contributed by atoms with van der Waals surface area (Å²) in [6.45, 7) is 4.53. The molecule has 172 valence electrons. The first kappa shape index (κ1) is 22.5. The van der Waals surface area contributed by atoms with E-state index in [0.717, 1.165) is 0 Å². The van der Waals surface area contributed by atoms with Gasteiger partial charge in [-0.3, -0.25) is 14.6 Å². The van der Waals surface area contributed by atoms with Crippen molar-refractivity contribution < 1.29 is 23.5 Å². The fourth-order valence-corrected chi connectivity index (χ4v) is 5.43. The second-order valence-electron chi connectivity index (χ2n) is 8.58. The third kappa shape index (κ3) is 3.32. The number of ether oxygens (including phenoxy) is 2. The highest BCUT2D eigenvalue weighted by molar-refractivity contribution is 5.93. The number of cyclic esters (lactones) is 1. The first-order chi connectivity index (χ1) is 15.4. The van der Waals surface area contributed by atoms with E-state index in [9.17, 15) is 19.2 Å². The molecular formula is C22H28FN5O4. The number of benzene rings is 1. The van der Waals surface area contributed by atoms with E-state index in [1.807, 2.05) is 4.90 Å². The van der Waals surface area contributed by atoms with Crippen molar-refractivity contribution in [1.82, 2.24) is 10.2 Å². The van der Waals surface area contributed by atoms with E-state index in [2.05, 4.69) is 11.4 Å². The van der Waals surface area contributed by atoms with Crippen molar-refractivity contribution in [2.75, 3.05) is 44.3 Å². The minimum absolute atomic E-state index is 0.272. The normalized spacial score (nSPS) is 29.2. The number of piperazine rings is 1. The van der Waals surface area contributed by atoms with Crippen molar-refractivity contribution in [3.05, 3.63) is 30.1 Å². The molecule has 0 radical (unpaired) electrons. The van der Waals surface area contributed by atoms with Gasteiger partial charge >= 0.3 is 6.09 Å². The van der Waals surface area contributed by atoms with E-state index in [1.165, 1.54) is 23.1 Å². The zero-order valence-electron chi connectivity index (χ0n) is 18.1. The predicted octanol–water partition coefficient (Wildman–Crippen LogP) is 1.19. The predicted molar refractivity (Wildman–Crippen MR) is 113 cm³/mol. The number of nitriles is 1. The van der Waals surface area contributed by atoms with Crippen LogP contribution < -0.4 is 16.0 Å². The monoisotopic (exact) mass is 445 g/mol. The molecule has 0 aliphatic carbocycles. The number of nitrogens with two attached hydrogens (primary N) is 1. The Labute approximate surface area is 186 Å². The number of nitrogens with zero attached hydrogens (tertiary/aromatic N) is 3. The van der Waals surface area contributed by atoms with Gasteiger partial charge in [0.25, 0.3) is 0 Å². The SMILES string of the molecule is CC(C(N)=O)C1OC(=O)N(c2cccc(F)c2)C1(N1CCNCC1)C1(C#N)CCOCC1. The summed E-state index contributed by atoms with van der Waals surface area (Å²) in [5.41, 5.74) is 3.46. The van der Waals surface area contributed by atoms with Crippen molar-refractivity contribution in [3.63, 3.8) is 0 Å². The van der Waals surface area contributed by atoms with Crippen LogP contribution in [0.4, 0.5) is 14.9 Å². The van der Waals surface area contributed by atoms with E-state index in [-0.39, 0.29) is 5.69 Å². The summed E-state index contributed by atoms with van der Waals surface area (Å²) in [6.07, 6.45) is -1.09. The molecule has 9 nitrogen and oxygen atoms in total. The summed E-state index contributed by atoms with van der Waals surface area (Å²) in [7, 11) is 0. The number of nitrogens with one attached hydrogen (secondary N) is 1. The van der Waals surface area contributed by atoms with Crippen LogP contribution in [0.15, 0.2) is 24.3 Å². The van der Waals surface area contributed by atoms with E-state index < -0.39 is 40.9 Å². The lowest BCUT2D eigenvalue weighted by atomic mass is 9.64. The van der Waals surface area contributed by atoms with Crippen molar-refractivity contribution in [3.8, 4) is 6.07 Å². The molecule has 0 saturated carbocycles. The van der Waals surface area contributed by atoms with Gasteiger partial charge in [-0.05, 0) is 38.0 Å². The second-order valence-corrected chi connectivity index (χ2v) is 8.58. The van der Waals surface area contributed by atoms with Crippen molar-refractivity contribution >= 4 is 17.7 Å². The summed E-state index contributed by atoms with van der Waals surface area (Å²) < 4.78 is 25.7. The highest BCUT2D eigenvalue weighted by Gasteiger charge is 2.71. The Morgan fingerprint density at radius 1 is 1.34 bits per heavy atom. The van der Waals surface area contributed by atoms with Gasteiger partial charge in [0.05, 0.1) is 17.7 Å². The van der Waals surface area contributed by atoms with Crippen molar-refractivity contribution in [1.29, 1.82) is 5.26 Å². The third-order valence-corrected chi connectivity index (χ3v) is 6.98. The number of hydrogen-bond acceptors (Lipinski definition) is 7. The summed E-state index contributed by atoms with van der Waals surface area (Å²) in [5.74, 6) is -2.03. The molecule has 3 aliphatic heterocycles. The van der Waals surface area contributed by atoms with Gasteiger partial charge in [-0.25, -0.2) is 9.18 Å². The van der Waals surface area contributed by atoms with Gasteiger partial charge in [0.15, 0.2) is 11.8 Å². The zero-order valence-corrected chi connectivity index (χ0v) is 18.1. The molecular weight excluding hydrogens is 417 g/mol. The van der Waals surface area contributed by atoms with Gasteiger partial charge in [0.2, 0.25) is 5.91 Å². The minimum atomic E-state index is -1.37. The number of amides is 2. The fraction of sp³-hybridized carbons (Fsp3) is 0.591. The molecule has 3 aliphatic rings. The van der Waals surface area contributed by atoms with Crippen molar-refractivity contribution in [2.45, 2.75) is 31.5 Å². The Bertz CT molecular complexity index is 925. The van der Waals surface area contributed by atoms with Gasteiger partial charge in [-0.1, -0.05) is 6.07 Å². The third-order valence-electron chi connectivity index (χ3n) is 6.98. The highest BCUT2D eigenvalue weighted by Crippen LogP contribution is 2.55. The first-order valence-corrected chi connectivity index (χ1v) is 10.9. The Balaban J connectivity index is 2.01. The standard InChI is InChI=1S/C22H28FN5O4/c1-15(19(25)29)18-22(27-9-7-26-8-10-27,21(14-24)5-11-31-12-6-21)28(20(30)32-18)17-4-2-3-16(23)13-17/h2-4,13,15,18,26H,5-12H2,1H3,(H2,25,29). The second kappa shape index (κ2) is 8.65. The number of carbonyl (C=O) groups excluding carboxylic acids is 2. The lowest BCUT2D eigenvalue weighted by Crippen LogP contribution is -2.76. The minimum Gasteiger partial charge on any atom is -0.441 e. The van der Waals surface area contributed by atoms with Crippen LogP contribution in [0.1, 0.15) is 19.8 Å². The molecule has 2 amide bonds. The molecule has 3 heterocycles. The Hall–Kier alpha value is -2.74. The average Bonchev–Trinajstić information content (AvgIpc) is 3.13. The number of anilines is 1. The molecule has 1 aromatic rings. The molecule has 10 heteroatoms. The zero-order chi connectivity index (χ0) is 22.9. The van der Waals surface area contributed by atoms with Crippen LogP contribution >= 0.6 is 0 Å². The van der Waals surface area contributed by atoms with E-state index >= 15 is 0 Å². The van der Waals surface area contributed by atoms with Crippen LogP contribution in [-0.2, 0) is 14.3 Å². The summed E-state index contributed by atoms with van der Waals surface area (Å²) in [5, 5.41) is 13.9. The lowest BCUT2D eigenvalue weighted by molar-refractivity contribution is -0.137. The maximum absolute atomic E-state index is 14.3. The Kier molecular flexibility index (Phi) is 6.07. The molecule has 3 atom stereocenters. The van der Waals surface area contributed by atoms with Crippen LogP contribution in [0.25, 0.3) is 0 Å². The number of carbonyl (C=O) groups is 2. The Morgan fingerprint density at radius 2 is 2.03 bits per heavy atom. The molecule has 3 fully saturated rings. The molecule has 0 aromatic heterocycles. The van der Waals surface area contributed by atoms with Gasteiger partial charge < -0.3 is 20.5 Å². The summed E-state index contributed by atoms with van der Waals surface area (Å²) >= 11 is 0. The number of primary amides is 1. The van der Waals surface area contributed by atoms with Gasteiger partial charge in [0.1, 0.15) is 11.2 Å². The molecule has 3 saturated heterocycles. The van der Waals surface area contributed by atoms with Crippen LogP contribution in [0.5, 0.6) is 0 Å². The first-order valence-electron chi connectivity index (χ1n) is 10.9. The van der Waals surface area contributed by atoms with Crippen LogP contribution in [0.2, 0.25) is 0 Å². The van der Waals surface area contributed by atoms with Crippen LogP contribution in [0.3, 0.4) is 0 Å². The molecule has 32 heavy (non-hydrogen) atoms. The van der Waals surface area contributed by atoms with Crippen LogP contribution in [-0.4, -0.2) is 68.1 Å². The molecule has 3 unspecified atom stereocenters. The maximum atomic E-state index is 14.3. The number of hydrogen-bond donors (Lipinski definition) is 2. The topological polar surface area (TPSA) is 121 Å². The summed E-state index contributed by atoms with van der Waals surface area (Å²) in [4.78, 5) is 29.2. The molecule has 1 aromatic carbocycles. The number of rotatable bonds is 5. The molecule has 3 N–H and O–H groups in total. The molecule has 4 rings (SSSR count). The molecule has 0 spiro atoms. The van der Waals surface area contributed by atoms with E-state index in [4.69, 9.17) is 15.2 Å². The maximum Gasteiger partial charge on any atom is 0.416 e. The lowest BCUT2D eigenvalue weighted by Gasteiger charge is -2.57. The van der Waals surface area contributed by atoms with Gasteiger partial charge in [-0.2, -0.15) is 5.26 Å². The fourth-order valence-electron chi connectivity index (χ4n) is 5.43.